The summed E-state index contributed by atoms with van der Waals surface area (Å²) in [6.45, 7) is 8.38. The van der Waals surface area contributed by atoms with Crippen LogP contribution in [-0.4, -0.2) is 38.4 Å². The van der Waals surface area contributed by atoms with Gasteiger partial charge in [-0.3, -0.25) is 4.79 Å². The average Bonchev–Trinajstić information content (AvgIpc) is 2.41. The number of methoxy groups -OCH3 is 1. The molecule has 0 rings (SSSR count). The van der Waals surface area contributed by atoms with Crippen LogP contribution in [0.1, 0.15) is 59.3 Å². The maximum absolute atomic E-state index is 11.7. The SMILES string of the molecule is CCCCCCOCCCC(C)(NCC)C(=O)OC. The number of nitrogens with one attached hydrogen (secondary N) is 1. The van der Waals surface area contributed by atoms with Crippen molar-refractivity contribution in [2.45, 2.75) is 64.8 Å². The van der Waals surface area contributed by atoms with Crippen LogP contribution >= 0.6 is 0 Å². The van der Waals surface area contributed by atoms with Crippen molar-refractivity contribution in [2.24, 2.45) is 0 Å². The average molecular weight is 273 g/mol. The van der Waals surface area contributed by atoms with Crippen molar-refractivity contribution in [3.63, 3.8) is 0 Å². The summed E-state index contributed by atoms with van der Waals surface area (Å²) in [6, 6.07) is 0. The minimum atomic E-state index is -0.588. The lowest BCUT2D eigenvalue weighted by Crippen LogP contribution is -2.50. The lowest BCUT2D eigenvalue weighted by molar-refractivity contribution is -0.148. The van der Waals surface area contributed by atoms with Gasteiger partial charge in [-0.15, -0.1) is 0 Å². The number of ether oxygens (including phenoxy) is 2. The van der Waals surface area contributed by atoms with Crippen molar-refractivity contribution >= 4 is 5.97 Å². The first kappa shape index (κ1) is 18.4. The molecule has 0 radical (unpaired) electrons. The quantitative estimate of drug-likeness (QED) is 0.439. The summed E-state index contributed by atoms with van der Waals surface area (Å²) in [5.74, 6) is -0.197. The van der Waals surface area contributed by atoms with Crippen LogP contribution < -0.4 is 5.32 Å². The summed E-state index contributed by atoms with van der Waals surface area (Å²) in [5, 5.41) is 3.20. The Bertz CT molecular complexity index is 233. The van der Waals surface area contributed by atoms with Crippen LogP contribution in [0, 0.1) is 0 Å². The van der Waals surface area contributed by atoms with E-state index < -0.39 is 5.54 Å². The summed E-state index contributed by atoms with van der Waals surface area (Å²) in [6.07, 6.45) is 6.52. The number of unbranched alkanes of at least 4 members (excludes halogenated alkanes) is 3. The van der Waals surface area contributed by atoms with Crippen LogP contribution in [-0.2, 0) is 14.3 Å². The van der Waals surface area contributed by atoms with Crippen molar-refractivity contribution in [1.29, 1.82) is 0 Å². The summed E-state index contributed by atoms with van der Waals surface area (Å²) in [4.78, 5) is 11.7. The van der Waals surface area contributed by atoms with Gasteiger partial charge in [-0.25, -0.2) is 0 Å². The van der Waals surface area contributed by atoms with Crippen LogP contribution in [0.3, 0.4) is 0 Å². The first-order valence-electron chi connectivity index (χ1n) is 7.52. The highest BCUT2D eigenvalue weighted by atomic mass is 16.5. The maximum Gasteiger partial charge on any atom is 0.325 e. The third-order valence-corrected chi connectivity index (χ3v) is 3.31. The fraction of sp³-hybridized carbons (Fsp3) is 0.933. The van der Waals surface area contributed by atoms with E-state index in [0.717, 1.165) is 32.4 Å². The van der Waals surface area contributed by atoms with E-state index in [9.17, 15) is 4.79 Å². The van der Waals surface area contributed by atoms with E-state index in [1.165, 1.54) is 26.4 Å². The van der Waals surface area contributed by atoms with Crippen molar-refractivity contribution < 1.29 is 14.3 Å². The van der Waals surface area contributed by atoms with Crippen LogP contribution in [0.15, 0.2) is 0 Å². The number of esters is 1. The molecule has 0 fully saturated rings. The number of carbonyl (C=O) groups excluding carboxylic acids is 1. The Balaban J connectivity index is 3.73. The lowest BCUT2D eigenvalue weighted by atomic mass is 9.96. The van der Waals surface area contributed by atoms with Gasteiger partial charge in [0.15, 0.2) is 0 Å². The molecule has 4 nitrogen and oxygen atoms in total. The number of hydrogen-bond acceptors (Lipinski definition) is 4. The molecule has 0 saturated heterocycles. The van der Waals surface area contributed by atoms with Crippen molar-refractivity contribution in [2.75, 3.05) is 26.9 Å². The standard InChI is InChI=1S/C15H31NO3/c1-5-7-8-9-12-19-13-10-11-15(3,16-6-2)14(17)18-4/h16H,5-13H2,1-4H3. The van der Waals surface area contributed by atoms with Gasteiger partial charge in [-0.2, -0.15) is 0 Å². The molecule has 0 spiro atoms. The van der Waals surface area contributed by atoms with Gasteiger partial charge in [0, 0.05) is 13.2 Å². The normalized spacial score (nSPS) is 14.1. The monoisotopic (exact) mass is 273 g/mol. The first-order chi connectivity index (χ1) is 9.10. The Kier molecular flexibility index (Phi) is 10.9. The summed E-state index contributed by atoms with van der Waals surface area (Å²) in [7, 11) is 1.43. The summed E-state index contributed by atoms with van der Waals surface area (Å²) >= 11 is 0. The third-order valence-electron chi connectivity index (χ3n) is 3.31. The van der Waals surface area contributed by atoms with Crippen molar-refractivity contribution in [3.05, 3.63) is 0 Å². The van der Waals surface area contributed by atoms with Gasteiger partial charge < -0.3 is 14.8 Å². The molecule has 0 heterocycles. The van der Waals surface area contributed by atoms with Crippen LogP contribution in [0.5, 0.6) is 0 Å². The second-order valence-corrected chi connectivity index (χ2v) is 5.13. The minimum Gasteiger partial charge on any atom is -0.468 e. The van der Waals surface area contributed by atoms with Gasteiger partial charge in [0.1, 0.15) is 5.54 Å². The summed E-state index contributed by atoms with van der Waals surface area (Å²) in [5.41, 5.74) is -0.588. The Morgan fingerprint density at radius 3 is 2.37 bits per heavy atom. The highest BCUT2D eigenvalue weighted by molar-refractivity contribution is 5.80. The molecule has 0 amide bonds. The molecule has 114 valence electrons. The molecule has 0 aromatic carbocycles. The zero-order valence-corrected chi connectivity index (χ0v) is 13.1. The van der Waals surface area contributed by atoms with Gasteiger partial charge in [-0.1, -0.05) is 33.1 Å². The van der Waals surface area contributed by atoms with Crippen molar-refractivity contribution in [3.8, 4) is 0 Å². The van der Waals surface area contributed by atoms with Gasteiger partial charge >= 0.3 is 5.97 Å². The number of rotatable bonds is 12. The van der Waals surface area contributed by atoms with Gasteiger partial charge in [0.25, 0.3) is 0 Å². The van der Waals surface area contributed by atoms with Gasteiger partial charge in [0.05, 0.1) is 7.11 Å². The number of likely N-dealkylation sites (N-methyl/N-ethyl adjacent to an activating group) is 1. The fourth-order valence-electron chi connectivity index (χ4n) is 2.14. The van der Waals surface area contributed by atoms with Crippen LogP contribution in [0.2, 0.25) is 0 Å². The van der Waals surface area contributed by atoms with Crippen LogP contribution in [0.4, 0.5) is 0 Å². The minimum absolute atomic E-state index is 0.197. The van der Waals surface area contributed by atoms with E-state index in [4.69, 9.17) is 9.47 Å². The number of carbonyl (C=O) groups is 1. The second-order valence-electron chi connectivity index (χ2n) is 5.13. The molecular weight excluding hydrogens is 242 g/mol. The Morgan fingerprint density at radius 2 is 1.79 bits per heavy atom. The molecule has 4 heteroatoms. The Labute approximate surface area is 118 Å². The zero-order valence-electron chi connectivity index (χ0n) is 13.1. The van der Waals surface area contributed by atoms with Gasteiger partial charge in [-0.05, 0) is 32.7 Å². The molecule has 0 bridgehead atoms. The van der Waals surface area contributed by atoms with Gasteiger partial charge in [0.2, 0.25) is 0 Å². The second kappa shape index (κ2) is 11.2. The van der Waals surface area contributed by atoms with Crippen molar-refractivity contribution in [1.82, 2.24) is 5.32 Å². The molecule has 0 aliphatic rings. The van der Waals surface area contributed by atoms with E-state index in [1.807, 2.05) is 13.8 Å². The third kappa shape index (κ3) is 8.22. The molecule has 1 atom stereocenters. The van der Waals surface area contributed by atoms with Crippen LogP contribution in [0.25, 0.3) is 0 Å². The highest BCUT2D eigenvalue weighted by Crippen LogP contribution is 2.14. The predicted molar refractivity (Wildman–Crippen MR) is 78.3 cm³/mol. The Hall–Kier alpha value is -0.610. The topological polar surface area (TPSA) is 47.6 Å². The molecule has 1 unspecified atom stereocenters. The fourth-order valence-corrected chi connectivity index (χ4v) is 2.14. The lowest BCUT2D eigenvalue weighted by Gasteiger charge is -2.27. The smallest absolute Gasteiger partial charge is 0.325 e. The Morgan fingerprint density at radius 1 is 1.11 bits per heavy atom. The zero-order chi connectivity index (χ0) is 14.6. The predicted octanol–water partition coefficient (Wildman–Crippen LogP) is 2.90. The van der Waals surface area contributed by atoms with E-state index >= 15 is 0 Å². The largest absolute Gasteiger partial charge is 0.468 e. The van der Waals surface area contributed by atoms with E-state index in [0.29, 0.717) is 6.61 Å². The molecule has 0 aromatic rings. The van der Waals surface area contributed by atoms with E-state index in [-0.39, 0.29) is 5.97 Å². The first-order valence-corrected chi connectivity index (χ1v) is 7.52. The molecule has 0 aliphatic carbocycles. The highest BCUT2D eigenvalue weighted by Gasteiger charge is 2.32. The molecular formula is C15H31NO3. The summed E-state index contributed by atoms with van der Waals surface area (Å²) < 4.78 is 10.4. The molecule has 0 aromatic heterocycles. The molecule has 1 N–H and O–H groups in total. The number of hydrogen-bond donors (Lipinski definition) is 1. The maximum atomic E-state index is 11.7. The van der Waals surface area contributed by atoms with E-state index in [2.05, 4.69) is 12.2 Å². The molecule has 19 heavy (non-hydrogen) atoms. The molecule has 0 aliphatic heterocycles. The molecule has 0 saturated carbocycles. The van der Waals surface area contributed by atoms with E-state index in [1.54, 1.807) is 0 Å².